The van der Waals surface area contributed by atoms with Crippen molar-refractivity contribution < 1.29 is 9.84 Å². The highest BCUT2D eigenvalue weighted by molar-refractivity contribution is 5.39. The lowest BCUT2D eigenvalue weighted by Crippen LogP contribution is -2.01. The molecule has 1 atom stereocenters. The molecular formula is C15H16N2O2. The van der Waals surface area contributed by atoms with Gasteiger partial charge in [0.05, 0.1) is 18.9 Å². The van der Waals surface area contributed by atoms with Crippen LogP contribution in [0, 0.1) is 0 Å². The number of benzene rings is 1. The van der Waals surface area contributed by atoms with Crippen LogP contribution in [-0.2, 0) is 12.8 Å². The highest BCUT2D eigenvalue weighted by atomic mass is 16.5. The molecule has 0 saturated heterocycles. The van der Waals surface area contributed by atoms with Crippen molar-refractivity contribution in [3.05, 3.63) is 53.3 Å². The van der Waals surface area contributed by atoms with Crippen molar-refractivity contribution >= 4 is 0 Å². The maximum atomic E-state index is 10.1. The maximum Gasteiger partial charge on any atom is 0.122 e. The number of aromatic nitrogens is 2. The lowest BCUT2D eigenvalue weighted by atomic mass is 10.0. The zero-order valence-corrected chi connectivity index (χ0v) is 10.6. The van der Waals surface area contributed by atoms with Crippen LogP contribution in [0.3, 0.4) is 0 Å². The second kappa shape index (κ2) is 5.36. The standard InChI is InChI=1S/C15H16N2O2/c18-14(13-5-7-16-17-10-13)3-1-11-2-4-15-12(9-11)6-8-19-15/h2,4-5,7,9-10,14,18H,1,3,6,8H2. The minimum absolute atomic E-state index is 0.486. The molecule has 2 aromatic rings. The van der Waals surface area contributed by atoms with Gasteiger partial charge in [-0.3, -0.25) is 0 Å². The average Bonchev–Trinajstić information content (AvgIpc) is 2.93. The highest BCUT2D eigenvalue weighted by Crippen LogP contribution is 2.27. The average molecular weight is 256 g/mol. The van der Waals surface area contributed by atoms with Crippen LogP contribution in [0.25, 0.3) is 0 Å². The van der Waals surface area contributed by atoms with Gasteiger partial charge in [-0.2, -0.15) is 10.2 Å². The molecule has 1 aliphatic heterocycles. The van der Waals surface area contributed by atoms with E-state index in [1.165, 1.54) is 11.1 Å². The number of aryl methyl sites for hydroxylation is 1. The smallest absolute Gasteiger partial charge is 0.122 e. The van der Waals surface area contributed by atoms with Crippen LogP contribution in [0.4, 0.5) is 0 Å². The molecule has 0 fully saturated rings. The first-order valence-corrected chi connectivity index (χ1v) is 6.52. The van der Waals surface area contributed by atoms with Gasteiger partial charge in [0.15, 0.2) is 0 Å². The molecule has 4 nitrogen and oxygen atoms in total. The monoisotopic (exact) mass is 256 g/mol. The summed E-state index contributed by atoms with van der Waals surface area (Å²) in [5.41, 5.74) is 3.34. The number of aliphatic hydroxyl groups excluding tert-OH is 1. The third-order valence-electron chi connectivity index (χ3n) is 3.45. The normalized spacial score (nSPS) is 14.8. The summed E-state index contributed by atoms with van der Waals surface area (Å²) in [6, 6.07) is 8.08. The molecule has 0 amide bonds. The summed E-state index contributed by atoms with van der Waals surface area (Å²) in [6.07, 6.45) is 5.24. The van der Waals surface area contributed by atoms with Crippen LogP contribution in [-0.4, -0.2) is 21.9 Å². The zero-order chi connectivity index (χ0) is 13.1. The van der Waals surface area contributed by atoms with E-state index >= 15 is 0 Å². The molecule has 1 aromatic heterocycles. The van der Waals surface area contributed by atoms with Crippen molar-refractivity contribution in [1.82, 2.24) is 10.2 Å². The first kappa shape index (κ1) is 12.1. The number of fused-ring (bicyclic) bond motifs is 1. The summed E-state index contributed by atoms with van der Waals surface area (Å²) in [5.74, 6) is 1.00. The van der Waals surface area contributed by atoms with Crippen molar-refractivity contribution in [2.45, 2.75) is 25.4 Å². The molecule has 1 unspecified atom stereocenters. The summed E-state index contributed by atoms with van der Waals surface area (Å²) in [4.78, 5) is 0. The van der Waals surface area contributed by atoms with E-state index in [1.54, 1.807) is 18.5 Å². The van der Waals surface area contributed by atoms with Crippen molar-refractivity contribution in [1.29, 1.82) is 0 Å². The number of ether oxygens (including phenoxy) is 1. The quantitative estimate of drug-likeness (QED) is 0.910. The molecular weight excluding hydrogens is 240 g/mol. The summed E-state index contributed by atoms with van der Waals surface area (Å²) < 4.78 is 5.48. The maximum absolute atomic E-state index is 10.1. The fraction of sp³-hybridized carbons (Fsp3) is 0.333. The Bertz CT molecular complexity index is 557. The van der Waals surface area contributed by atoms with E-state index in [1.807, 2.05) is 6.07 Å². The van der Waals surface area contributed by atoms with E-state index in [2.05, 4.69) is 22.3 Å². The van der Waals surface area contributed by atoms with Crippen molar-refractivity contribution in [3.63, 3.8) is 0 Å². The SMILES string of the molecule is OC(CCc1ccc2c(c1)CCO2)c1ccnnc1. The fourth-order valence-corrected chi connectivity index (χ4v) is 2.36. The molecule has 0 radical (unpaired) electrons. The van der Waals surface area contributed by atoms with Gasteiger partial charge in [0.1, 0.15) is 5.75 Å². The lowest BCUT2D eigenvalue weighted by Gasteiger charge is -2.10. The Balaban J connectivity index is 1.63. The number of rotatable bonds is 4. The van der Waals surface area contributed by atoms with Crippen LogP contribution >= 0.6 is 0 Å². The van der Waals surface area contributed by atoms with Crippen LogP contribution < -0.4 is 4.74 Å². The van der Waals surface area contributed by atoms with Crippen LogP contribution in [0.1, 0.15) is 29.2 Å². The lowest BCUT2D eigenvalue weighted by molar-refractivity contribution is 0.167. The highest BCUT2D eigenvalue weighted by Gasteiger charge is 2.13. The van der Waals surface area contributed by atoms with Gasteiger partial charge < -0.3 is 9.84 Å². The Kier molecular flexibility index (Phi) is 3.42. The van der Waals surface area contributed by atoms with E-state index in [-0.39, 0.29) is 0 Å². The predicted octanol–water partition coefficient (Wildman–Crippen LogP) is 2.08. The van der Waals surface area contributed by atoms with Crippen LogP contribution in [0.15, 0.2) is 36.7 Å². The van der Waals surface area contributed by atoms with Gasteiger partial charge in [0, 0.05) is 18.2 Å². The number of aliphatic hydroxyl groups is 1. The molecule has 0 spiro atoms. The minimum Gasteiger partial charge on any atom is -0.493 e. The Hall–Kier alpha value is -1.94. The largest absolute Gasteiger partial charge is 0.493 e. The van der Waals surface area contributed by atoms with Gasteiger partial charge in [0.2, 0.25) is 0 Å². The third kappa shape index (κ3) is 2.74. The Morgan fingerprint density at radius 3 is 3.05 bits per heavy atom. The van der Waals surface area contributed by atoms with E-state index in [0.29, 0.717) is 6.42 Å². The first-order chi connectivity index (χ1) is 9.33. The van der Waals surface area contributed by atoms with Crippen molar-refractivity contribution in [3.8, 4) is 5.75 Å². The summed E-state index contributed by atoms with van der Waals surface area (Å²) >= 11 is 0. The molecule has 98 valence electrons. The Labute approximate surface area is 112 Å². The van der Waals surface area contributed by atoms with Gasteiger partial charge in [-0.05, 0) is 36.1 Å². The van der Waals surface area contributed by atoms with Crippen LogP contribution in [0.5, 0.6) is 5.75 Å². The minimum atomic E-state index is -0.486. The molecule has 0 bridgehead atoms. The molecule has 1 aliphatic rings. The van der Waals surface area contributed by atoms with Gasteiger partial charge in [-0.1, -0.05) is 12.1 Å². The van der Waals surface area contributed by atoms with Gasteiger partial charge >= 0.3 is 0 Å². The summed E-state index contributed by atoms with van der Waals surface area (Å²) in [6.45, 7) is 0.782. The molecule has 0 aliphatic carbocycles. The van der Waals surface area contributed by atoms with Crippen molar-refractivity contribution in [2.24, 2.45) is 0 Å². The van der Waals surface area contributed by atoms with E-state index in [4.69, 9.17) is 4.74 Å². The van der Waals surface area contributed by atoms with E-state index in [9.17, 15) is 5.11 Å². The number of hydrogen-bond donors (Lipinski definition) is 1. The molecule has 2 heterocycles. The zero-order valence-electron chi connectivity index (χ0n) is 10.6. The molecule has 0 saturated carbocycles. The predicted molar refractivity (Wildman–Crippen MR) is 71.0 cm³/mol. The van der Waals surface area contributed by atoms with Gasteiger partial charge in [0.25, 0.3) is 0 Å². The van der Waals surface area contributed by atoms with E-state index in [0.717, 1.165) is 30.8 Å². The Morgan fingerprint density at radius 2 is 2.21 bits per heavy atom. The topological polar surface area (TPSA) is 55.2 Å². The van der Waals surface area contributed by atoms with Crippen LogP contribution in [0.2, 0.25) is 0 Å². The molecule has 1 aromatic carbocycles. The Morgan fingerprint density at radius 1 is 1.26 bits per heavy atom. The summed E-state index contributed by atoms with van der Waals surface area (Å²) in [7, 11) is 0. The number of nitrogens with zero attached hydrogens (tertiary/aromatic N) is 2. The summed E-state index contributed by atoms with van der Waals surface area (Å²) in [5, 5.41) is 17.6. The first-order valence-electron chi connectivity index (χ1n) is 6.52. The molecule has 4 heteroatoms. The van der Waals surface area contributed by atoms with Crippen molar-refractivity contribution in [2.75, 3.05) is 6.61 Å². The van der Waals surface area contributed by atoms with E-state index < -0.39 is 6.10 Å². The third-order valence-corrected chi connectivity index (χ3v) is 3.45. The number of hydrogen-bond acceptors (Lipinski definition) is 4. The molecule has 3 rings (SSSR count). The van der Waals surface area contributed by atoms with Gasteiger partial charge in [-0.15, -0.1) is 0 Å². The van der Waals surface area contributed by atoms with Gasteiger partial charge in [-0.25, -0.2) is 0 Å². The second-order valence-corrected chi connectivity index (χ2v) is 4.77. The fourth-order valence-electron chi connectivity index (χ4n) is 2.36. The molecule has 19 heavy (non-hydrogen) atoms. The molecule has 1 N–H and O–H groups in total. The second-order valence-electron chi connectivity index (χ2n) is 4.77.